The molecule has 0 spiro atoms. The molecule has 0 radical (unpaired) electrons. The molecule has 86 valence electrons. The highest BCUT2D eigenvalue weighted by molar-refractivity contribution is 5.79. The Morgan fingerprint density at radius 1 is 1.50 bits per heavy atom. The molecule has 1 unspecified atom stereocenters. The van der Waals surface area contributed by atoms with Crippen LogP contribution in [0.2, 0.25) is 0 Å². The lowest BCUT2D eigenvalue weighted by Gasteiger charge is -2.10. The van der Waals surface area contributed by atoms with Gasteiger partial charge in [0, 0.05) is 11.6 Å². The molecule has 0 heterocycles. The van der Waals surface area contributed by atoms with E-state index in [4.69, 9.17) is 0 Å². The normalized spacial score (nSPS) is 11.9. The van der Waals surface area contributed by atoms with Gasteiger partial charge < -0.3 is 4.74 Å². The first-order valence-corrected chi connectivity index (χ1v) is 4.80. The molecule has 1 atom stereocenters. The van der Waals surface area contributed by atoms with Crippen LogP contribution in [0.3, 0.4) is 0 Å². The molecule has 5 heteroatoms. The Kier molecular flexibility index (Phi) is 3.60. The van der Waals surface area contributed by atoms with Crippen molar-refractivity contribution in [3.05, 3.63) is 39.4 Å². The van der Waals surface area contributed by atoms with Gasteiger partial charge in [-0.05, 0) is 19.9 Å². The van der Waals surface area contributed by atoms with E-state index >= 15 is 0 Å². The number of carbonyl (C=O) groups is 1. The third-order valence-corrected chi connectivity index (χ3v) is 2.40. The Hall–Kier alpha value is -1.91. The van der Waals surface area contributed by atoms with E-state index in [1.807, 2.05) is 6.92 Å². The topological polar surface area (TPSA) is 69.4 Å². The fraction of sp³-hybridized carbons (Fsp3) is 0.364. The standard InChI is InChI=1S/C11H13NO4/c1-7-4-5-10(12(14)15)9(6-7)8(2)11(13)16-3/h4-6,8H,1-3H3. The molecular weight excluding hydrogens is 210 g/mol. The van der Waals surface area contributed by atoms with Gasteiger partial charge in [0.15, 0.2) is 0 Å². The minimum absolute atomic E-state index is 0.0523. The van der Waals surface area contributed by atoms with E-state index in [9.17, 15) is 14.9 Å². The summed E-state index contributed by atoms with van der Waals surface area (Å²) in [6.07, 6.45) is 0. The molecule has 0 bridgehead atoms. The highest BCUT2D eigenvalue weighted by Gasteiger charge is 2.24. The highest BCUT2D eigenvalue weighted by Crippen LogP contribution is 2.28. The molecule has 0 saturated heterocycles. The van der Waals surface area contributed by atoms with Gasteiger partial charge in [0.25, 0.3) is 5.69 Å². The summed E-state index contributed by atoms with van der Waals surface area (Å²) in [5, 5.41) is 10.8. The second-order valence-electron chi connectivity index (χ2n) is 3.56. The van der Waals surface area contributed by atoms with E-state index in [0.717, 1.165) is 5.56 Å². The highest BCUT2D eigenvalue weighted by atomic mass is 16.6. The number of nitro benzene ring substituents is 1. The van der Waals surface area contributed by atoms with E-state index in [1.54, 1.807) is 19.1 Å². The smallest absolute Gasteiger partial charge is 0.313 e. The van der Waals surface area contributed by atoms with Crippen LogP contribution in [0.1, 0.15) is 24.0 Å². The molecule has 0 aliphatic rings. The number of benzene rings is 1. The molecule has 1 rings (SSSR count). The van der Waals surface area contributed by atoms with Crippen molar-refractivity contribution in [2.24, 2.45) is 0 Å². The Balaban J connectivity index is 3.24. The number of hydrogen-bond donors (Lipinski definition) is 0. The summed E-state index contributed by atoms with van der Waals surface area (Å²) in [7, 11) is 1.26. The number of nitro groups is 1. The molecule has 0 amide bonds. The predicted molar refractivity (Wildman–Crippen MR) is 58.3 cm³/mol. The molecule has 1 aromatic rings. The first-order chi connectivity index (χ1) is 7.47. The molecular formula is C11H13NO4. The molecule has 0 aliphatic heterocycles. The number of hydrogen-bond acceptors (Lipinski definition) is 4. The van der Waals surface area contributed by atoms with Crippen LogP contribution in [0.15, 0.2) is 18.2 Å². The summed E-state index contributed by atoms with van der Waals surface area (Å²) in [6, 6.07) is 4.69. The first kappa shape index (κ1) is 12.2. The number of carbonyl (C=O) groups excluding carboxylic acids is 1. The van der Waals surface area contributed by atoms with Gasteiger partial charge in [0.05, 0.1) is 18.0 Å². The van der Waals surface area contributed by atoms with Crippen molar-refractivity contribution in [2.45, 2.75) is 19.8 Å². The lowest BCUT2D eigenvalue weighted by molar-refractivity contribution is -0.385. The van der Waals surface area contributed by atoms with E-state index < -0.39 is 16.8 Å². The van der Waals surface area contributed by atoms with Crippen LogP contribution in [0.25, 0.3) is 0 Å². The second-order valence-corrected chi connectivity index (χ2v) is 3.56. The van der Waals surface area contributed by atoms with Crippen LogP contribution >= 0.6 is 0 Å². The fourth-order valence-electron chi connectivity index (χ4n) is 1.49. The number of rotatable bonds is 3. The van der Waals surface area contributed by atoms with E-state index in [1.165, 1.54) is 13.2 Å². The maximum Gasteiger partial charge on any atom is 0.313 e. The third-order valence-electron chi connectivity index (χ3n) is 2.40. The minimum Gasteiger partial charge on any atom is -0.469 e. The fourth-order valence-corrected chi connectivity index (χ4v) is 1.49. The SMILES string of the molecule is COC(=O)C(C)c1cc(C)ccc1[N+](=O)[O-]. The summed E-state index contributed by atoms with van der Waals surface area (Å²) >= 11 is 0. The van der Waals surface area contributed by atoms with E-state index in [0.29, 0.717) is 5.56 Å². The molecule has 5 nitrogen and oxygen atoms in total. The van der Waals surface area contributed by atoms with Crippen LogP contribution < -0.4 is 0 Å². The van der Waals surface area contributed by atoms with Gasteiger partial charge in [-0.1, -0.05) is 11.6 Å². The van der Waals surface area contributed by atoms with Crippen LogP contribution in [0, 0.1) is 17.0 Å². The summed E-state index contributed by atoms with van der Waals surface area (Å²) in [5.74, 6) is -1.11. The monoisotopic (exact) mass is 223 g/mol. The molecule has 16 heavy (non-hydrogen) atoms. The van der Waals surface area contributed by atoms with Crippen molar-refractivity contribution < 1.29 is 14.5 Å². The van der Waals surface area contributed by atoms with Crippen molar-refractivity contribution in [3.63, 3.8) is 0 Å². The first-order valence-electron chi connectivity index (χ1n) is 4.80. The molecule has 0 aliphatic carbocycles. The van der Waals surface area contributed by atoms with Crippen molar-refractivity contribution in [3.8, 4) is 0 Å². The van der Waals surface area contributed by atoms with Crippen molar-refractivity contribution in [1.29, 1.82) is 0 Å². The van der Waals surface area contributed by atoms with Gasteiger partial charge in [0.1, 0.15) is 0 Å². The number of methoxy groups -OCH3 is 1. The molecule has 0 N–H and O–H groups in total. The lowest BCUT2D eigenvalue weighted by Crippen LogP contribution is -2.12. The van der Waals surface area contributed by atoms with Crippen LogP contribution in [0.5, 0.6) is 0 Å². The van der Waals surface area contributed by atoms with Gasteiger partial charge in [-0.25, -0.2) is 0 Å². The zero-order chi connectivity index (χ0) is 12.3. The van der Waals surface area contributed by atoms with Crippen molar-refractivity contribution in [2.75, 3.05) is 7.11 Å². The quantitative estimate of drug-likeness (QED) is 0.447. The minimum atomic E-state index is -0.634. The summed E-state index contributed by atoms with van der Waals surface area (Å²) in [4.78, 5) is 21.7. The van der Waals surface area contributed by atoms with Crippen LogP contribution in [0.4, 0.5) is 5.69 Å². The van der Waals surface area contributed by atoms with E-state index in [-0.39, 0.29) is 5.69 Å². The Morgan fingerprint density at radius 2 is 2.12 bits per heavy atom. The zero-order valence-corrected chi connectivity index (χ0v) is 9.39. The average Bonchev–Trinajstić information content (AvgIpc) is 2.26. The summed E-state index contributed by atoms with van der Waals surface area (Å²) in [5.41, 5.74) is 1.21. The second kappa shape index (κ2) is 4.74. The molecule has 0 aromatic heterocycles. The van der Waals surface area contributed by atoms with E-state index in [2.05, 4.69) is 4.74 Å². The average molecular weight is 223 g/mol. The Morgan fingerprint density at radius 3 is 2.62 bits per heavy atom. The van der Waals surface area contributed by atoms with Crippen molar-refractivity contribution >= 4 is 11.7 Å². The van der Waals surface area contributed by atoms with Crippen LogP contribution in [-0.4, -0.2) is 18.0 Å². The lowest BCUT2D eigenvalue weighted by atomic mass is 9.97. The number of esters is 1. The molecule has 1 aromatic carbocycles. The maximum absolute atomic E-state index is 11.4. The maximum atomic E-state index is 11.4. The zero-order valence-electron chi connectivity index (χ0n) is 9.39. The number of nitrogens with zero attached hydrogens (tertiary/aromatic N) is 1. The molecule has 0 fully saturated rings. The summed E-state index contributed by atoms with van der Waals surface area (Å²) < 4.78 is 4.58. The Bertz CT molecular complexity index is 428. The van der Waals surface area contributed by atoms with Crippen molar-refractivity contribution in [1.82, 2.24) is 0 Å². The van der Waals surface area contributed by atoms with Gasteiger partial charge in [-0.3, -0.25) is 14.9 Å². The number of ether oxygens (including phenoxy) is 1. The van der Waals surface area contributed by atoms with Gasteiger partial charge in [-0.15, -0.1) is 0 Å². The summed E-state index contributed by atoms with van der Waals surface area (Å²) in [6.45, 7) is 3.41. The molecule has 0 saturated carbocycles. The van der Waals surface area contributed by atoms with Gasteiger partial charge >= 0.3 is 5.97 Å². The third kappa shape index (κ3) is 2.36. The largest absolute Gasteiger partial charge is 0.469 e. The van der Waals surface area contributed by atoms with Gasteiger partial charge in [0.2, 0.25) is 0 Å². The Labute approximate surface area is 93.2 Å². The predicted octanol–water partition coefficient (Wildman–Crippen LogP) is 2.18. The number of aryl methyl sites for hydroxylation is 1. The van der Waals surface area contributed by atoms with Gasteiger partial charge in [-0.2, -0.15) is 0 Å². The van der Waals surface area contributed by atoms with Crippen LogP contribution in [-0.2, 0) is 9.53 Å².